The Bertz CT molecular complexity index is 989. The van der Waals surface area contributed by atoms with E-state index in [1.165, 1.54) is 32.4 Å². The average Bonchev–Trinajstić information content (AvgIpc) is 3.04. The highest BCUT2D eigenvalue weighted by atomic mass is 35.5. The van der Waals surface area contributed by atoms with E-state index in [9.17, 15) is 14.4 Å². The van der Waals surface area contributed by atoms with Gasteiger partial charge in [-0.05, 0) is 56.3 Å². The van der Waals surface area contributed by atoms with Crippen LogP contribution in [-0.2, 0) is 0 Å². The monoisotopic (exact) mass is 443 g/mol. The van der Waals surface area contributed by atoms with E-state index in [0.29, 0.717) is 29.1 Å². The number of halogens is 1. The van der Waals surface area contributed by atoms with Crippen molar-refractivity contribution in [2.45, 2.75) is 19.3 Å². The minimum atomic E-state index is -0.439. The number of ether oxygens (including phenoxy) is 1. The van der Waals surface area contributed by atoms with Crippen LogP contribution < -0.4 is 15.0 Å². The van der Waals surface area contributed by atoms with Crippen LogP contribution in [-0.4, -0.2) is 55.9 Å². The molecule has 4 rings (SSSR count). The third-order valence-corrected chi connectivity index (χ3v) is 5.62. The van der Waals surface area contributed by atoms with Gasteiger partial charge in [0.25, 0.3) is 17.7 Å². The predicted octanol–water partition coefficient (Wildman–Crippen LogP) is 3.13. The third-order valence-electron chi connectivity index (χ3n) is 5.62. The van der Waals surface area contributed by atoms with Gasteiger partial charge in [0.2, 0.25) is 0 Å². The Labute approximate surface area is 187 Å². The summed E-state index contributed by atoms with van der Waals surface area (Å²) >= 11 is 0. The number of amides is 3. The van der Waals surface area contributed by atoms with Gasteiger partial charge in [-0.3, -0.25) is 14.4 Å². The molecule has 7 nitrogen and oxygen atoms in total. The minimum absolute atomic E-state index is 0. The van der Waals surface area contributed by atoms with Crippen molar-refractivity contribution in [2.24, 2.45) is 0 Å². The standard InChI is InChI=1S/C23H25N3O4.ClH/c1-30-18-7-5-6-17(15-18)26-22(28)19-9-8-16(14-20(19)23(26)29)21(27)24-10-13-25-11-3-2-4-12-25;/h5-9,14-15H,2-4,10-13H2,1H3,(H,24,27);1H. The van der Waals surface area contributed by atoms with Gasteiger partial charge in [-0.1, -0.05) is 12.5 Å². The van der Waals surface area contributed by atoms with E-state index >= 15 is 0 Å². The van der Waals surface area contributed by atoms with Gasteiger partial charge in [0.15, 0.2) is 0 Å². The molecular formula is C23H26ClN3O4. The molecule has 0 unspecified atom stereocenters. The lowest BCUT2D eigenvalue weighted by Crippen LogP contribution is -2.37. The fraction of sp³-hybridized carbons (Fsp3) is 0.348. The highest BCUT2D eigenvalue weighted by Crippen LogP contribution is 2.31. The van der Waals surface area contributed by atoms with Crippen LogP contribution in [0.15, 0.2) is 42.5 Å². The molecule has 2 aromatic carbocycles. The molecule has 0 atom stereocenters. The summed E-state index contributed by atoms with van der Waals surface area (Å²) in [4.78, 5) is 41.7. The van der Waals surface area contributed by atoms with Gasteiger partial charge in [-0.15, -0.1) is 12.4 Å². The molecule has 0 aromatic heterocycles. The topological polar surface area (TPSA) is 79.0 Å². The maximum atomic E-state index is 12.9. The molecule has 0 saturated carbocycles. The zero-order chi connectivity index (χ0) is 21.1. The number of hydrogen-bond acceptors (Lipinski definition) is 5. The summed E-state index contributed by atoms with van der Waals surface area (Å²) in [6, 6.07) is 11.4. The van der Waals surface area contributed by atoms with Crippen LogP contribution in [0.4, 0.5) is 5.69 Å². The SMILES string of the molecule is COc1cccc(N2C(=O)c3ccc(C(=O)NCCN4CCCCC4)cc3C2=O)c1.Cl. The number of imide groups is 1. The summed E-state index contributed by atoms with van der Waals surface area (Å²) in [5.74, 6) is -0.528. The Morgan fingerprint density at radius 1 is 1.00 bits per heavy atom. The molecule has 1 saturated heterocycles. The van der Waals surface area contributed by atoms with Crippen LogP contribution in [0.25, 0.3) is 0 Å². The lowest BCUT2D eigenvalue weighted by molar-refractivity contribution is 0.0923. The lowest BCUT2D eigenvalue weighted by Gasteiger charge is -2.26. The fourth-order valence-electron chi connectivity index (χ4n) is 3.98. The Morgan fingerprint density at radius 3 is 2.48 bits per heavy atom. The number of likely N-dealkylation sites (tertiary alicyclic amines) is 1. The largest absolute Gasteiger partial charge is 0.497 e. The van der Waals surface area contributed by atoms with Crippen molar-refractivity contribution in [1.82, 2.24) is 10.2 Å². The summed E-state index contributed by atoms with van der Waals surface area (Å²) in [5, 5.41) is 2.91. The van der Waals surface area contributed by atoms with Gasteiger partial charge in [0.05, 0.1) is 23.9 Å². The number of fused-ring (bicyclic) bond motifs is 1. The fourth-order valence-corrected chi connectivity index (χ4v) is 3.98. The Kier molecular flexibility index (Phi) is 7.30. The summed E-state index contributed by atoms with van der Waals surface area (Å²) in [6.45, 7) is 3.52. The number of rotatable bonds is 6. The number of nitrogens with one attached hydrogen (secondary N) is 1. The molecule has 0 radical (unpaired) electrons. The Balaban J connectivity index is 0.00000272. The van der Waals surface area contributed by atoms with Crippen molar-refractivity contribution in [3.05, 3.63) is 59.2 Å². The van der Waals surface area contributed by atoms with Crippen molar-refractivity contribution in [3.63, 3.8) is 0 Å². The second-order valence-electron chi connectivity index (χ2n) is 7.57. The van der Waals surface area contributed by atoms with Gasteiger partial charge >= 0.3 is 0 Å². The first-order valence-electron chi connectivity index (χ1n) is 10.3. The zero-order valence-corrected chi connectivity index (χ0v) is 18.2. The molecule has 1 N–H and O–H groups in total. The normalized spacial score (nSPS) is 16.0. The first kappa shape index (κ1) is 22.8. The predicted molar refractivity (Wildman–Crippen MR) is 120 cm³/mol. The molecule has 0 bridgehead atoms. The van der Waals surface area contributed by atoms with E-state index in [2.05, 4.69) is 10.2 Å². The first-order valence-corrected chi connectivity index (χ1v) is 10.3. The van der Waals surface area contributed by atoms with Crippen LogP contribution >= 0.6 is 12.4 Å². The molecule has 2 heterocycles. The van der Waals surface area contributed by atoms with E-state index in [0.717, 1.165) is 24.5 Å². The average molecular weight is 444 g/mol. The molecule has 31 heavy (non-hydrogen) atoms. The molecule has 2 aliphatic heterocycles. The first-order chi connectivity index (χ1) is 14.6. The number of methoxy groups -OCH3 is 1. The van der Waals surface area contributed by atoms with Crippen molar-refractivity contribution in [1.29, 1.82) is 0 Å². The van der Waals surface area contributed by atoms with Crippen LogP contribution in [0.2, 0.25) is 0 Å². The Hall–Kier alpha value is -2.90. The van der Waals surface area contributed by atoms with Crippen LogP contribution in [0.3, 0.4) is 0 Å². The molecular weight excluding hydrogens is 418 g/mol. The van der Waals surface area contributed by atoms with Gasteiger partial charge in [0.1, 0.15) is 5.75 Å². The second-order valence-corrected chi connectivity index (χ2v) is 7.57. The molecule has 2 aromatic rings. The summed E-state index contributed by atoms with van der Waals surface area (Å²) in [5.41, 5.74) is 1.35. The number of nitrogens with zero attached hydrogens (tertiary/aromatic N) is 2. The van der Waals surface area contributed by atoms with E-state index in [1.54, 1.807) is 36.4 Å². The molecule has 2 aliphatic rings. The summed E-state index contributed by atoms with van der Waals surface area (Å²) < 4.78 is 5.19. The second kappa shape index (κ2) is 9.94. The molecule has 164 valence electrons. The van der Waals surface area contributed by atoms with Crippen molar-refractivity contribution < 1.29 is 19.1 Å². The quantitative estimate of drug-likeness (QED) is 0.694. The highest BCUT2D eigenvalue weighted by molar-refractivity contribution is 6.34. The number of carbonyl (C=O) groups is 3. The number of benzene rings is 2. The zero-order valence-electron chi connectivity index (χ0n) is 17.4. The van der Waals surface area contributed by atoms with Crippen LogP contribution in [0.5, 0.6) is 5.75 Å². The summed E-state index contributed by atoms with van der Waals surface area (Å²) in [6.07, 6.45) is 3.69. The van der Waals surface area contributed by atoms with Crippen LogP contribution in [0.1, 0.15) is 50.3 Å². The van der Waals surface area contributed by atoms with Gasteiger partial charge in [-0.2, -0.15) is 0 Å². The minimum Gasteiger partial charge on any atom is -0.497 e. The number of carbonyl (C=O) groups excluding carboxylic acids is 3. The number of hydrogen-bond donors (Lipinski definition) is 1. The molecule has 0 aliphatic carbocycles. The van der Waals surface area contributed by atoms with Gasteiger partial charge in [0, 0.05) is 24.7 Å². The molecule has 1 fully saturated rings. The maximum absolute atomic E-state index is 12.9. The van der Waals surface area contributed by atoms with Gasteiger partial charge in [-0.25, -0.2) is 4.90 Å². The Morgan fingerprint density at radius 2 is 1.74 bits per heavy atom. The molecule has 0 spiro atoms. The van der Waals surface area contributed by atoms with E-state index < -0.39 is 11.8 Å². The van der Waals surface area contributed by atoms with E-state index in [-0.39, 0.29) is 23.9 Å². The number of anilines is 1. The van der Waals surface area contributed by atoms with Crippen molar-refractivity contribution in [2.75, 3.05) is 38.2 Å². The highest BCUT2D eigenvalue weighted by Gasteiger charge is 2.37. The van der Waals surface area contributed by atoms with E-state index in [1.807, 2.05) is 0 Å². The van der Waals surface area contributed by atoms with Gasteiger partial charge < -0.3 is 15.0 Å². The smallest absolute Gasteiger partial charge is 0.266 e. The summed E-state index contributed by atoms with van der Waals surface area (Å²) in [7, 11) is 1.53. The van der Waals surface area contributed by atoms with Crippen LogP contribution in [0, 0.1) is 0 Å². The number of piperidine rings is 1. The van der Waals surface area contributed by atoms with Crippen molar-refractivity contribution in [3.8, 4) is 5.75 Å². The third kappa shape index (κ3) is 4.73. The lowest BCUT2D eigenvalue weighted by atomic mass is 10.1. The molecule has 3 amide bonds. The van der Waals surface area contributed by atoms with E-state index in [4.69, 9.17) is 4.74 Å². The molecule has 8 heteroatoms. The maximum Gasteiger partial charge on any atom is 0.266 e. The van der Waals surface area contributed by atoms with Crippen molar-refractivity contribution >= 4 is 35.8 Å².